The van der Waals surface area contributed by atoms with E-state index in [2.05, 4.69) is 50.7 Å². The Labute approximate surface area is 194 Å². The normalized spacial score (nSPS) is 16.5. The highest BCUT2D eigenvalue weighted by Gasteiger charge is 2.38. The summed E-state index contributed by atoms with van der Waals surface area (Å²) in [6, 6.07) is 10.6. The van der Waals surface area contributed by atoms with Crippen LogP contribution in [0.2, 0.25) is 0 Å². The largest absolute Gasteiger partial charge is 0.490 e. The van der Waals surface area contributed by atoms with E-state index in [1.54, 1.807) is 0 Å². The van der Waals surface area contributed by atoms with E-state index in [0.29, 0.717) is 11.0 Å². The van der Waals surface area contributed by atoms with E-state index in [4.69, 9.17) is 9.90 Å². The third-order valence-corrected chi connectivity index (χ3v) is 5.88. The van der Waals surface area contributed by atoms with Crippen molar-refractivity contribution in [2.45, 2.75) is 37.8 Å². The summed E-state index contributed by atoms with van der Waals surface area (Å²) in [5, 5.41) is 19.9. The Morgan fingerprint density at radius 2 is 1.85 bits per heavy atom. The number of benzene rings is 1. The van der Waals surface area contributed by atoms with Gasteiger partial charge in [-0.3, -0.25) is 5.32 Å². The first-order valence-corrected chi connectivity index (χ1v) is 11.3. The number of nitrogens with one attached hydrogen (secondary N) is 1. The molecule has 1 aliphatic rings. The van der Waals surface area contributed by atoms with Crippen molar-refractivity contribution in [3.63, 3.8) is 0 Å². The molecule has 2 aromatic rings. The minimum Gasteiger partial charge on any atom is -0.475 e. The summed E-state index contributed by atoms with van der Waals surface area (Å²) in [7, 11) is 4.07. The van der Waals surface area contributed by atoms with Crippen LogP contribution in [-0.4, -0.2) is 77.0 Å². The van der Waals surface area contributed by atoms with Crippen LogP contribution in [0.3, 0.4) is 0 Å². The summed E-state index contributed by atoms with van der Waals surface area (Å²) in [6.45, 7) is 2.49. The van der Waals surface area contributed by atoms with E-state index >= 15 is 0 Å². The van der Waals surface area contributed by atoms with Crippen LogP contribution in [0.15, 0.2) is 30.3 Å². The van der Waals surface area contributed by atoms with Gasteiger partial charge in [0.15, 0.2) is 0 Å². The number of alkyl halides is 3. The topological polar surface area (TPSA) is 98.7 Å². The van der Waals surface area contributed by atoms with Gasteiger partial charge in [-0.05, 0) is 44.8 Å². The number of rotatable bonds is 5. The number of urea groups is 1. The van der Waals surface area contributed by atoms with Gasteiger partial charge in [-0.1, -0.05) is 41.7 Å². The number of carboxylic acids is 1. The fourth-order valence-corrected chi connectivity index (χ4v) is 3.97. The van der Waals surface area contributed by atoms with Gasteiger partial charge in [-0.25, -0.2) is 9.59 Å². The van der Waals surface area contributed by atoms with E-state index in [-0.39, 0.29) is 6.03 Å². The van der Waals surface area contributed by atoms with Crippen molar-refractivity contribution in [1.29, 1.82) is 0 Å². The number of hydrogen-bond donors (Lipinski definition) is 2. The first-order chi connectivity index (χ1) is 15.6. The van der Waals surface area contributed by atoms with Crippen LogP contribution in [0.5, 0.6) is 0 Å². The maximum absolute atomic E-state index is 12.6. The number of likely N-dealkylation sites (tertiary alicyclic amines) is 1. The van der Waals surface area contributed by atoms with Crippen LogP contribution in [-0.2, 0) is 11.2 Å². The average Bonchev–Trinajstić information content (AvgIpc) is 3.05. The zero-order valence-electron chi connectivity index (χ0n) is 18.5. The van der Waals surface area contributed by atoms with Crippen LogP contribution < -0.4 is 5.32 Å². The highest BCUT2D eigenvalue weighted by atomic mass is 32.1. The maximum Gasteiger partial charge on any atom is 0.490 e. The van der Waals surface area contributed by atoms with Gasteiger partial charge in [-0.2, -0.15) is 13.2 Å². The molecule has 8 nitrogen and oxygen atoms in total. The Kier molecular flexibility index (Phi) is 10.0. The number of carbonyl (C=O) groups is 2. The van der Waals surface area contributed by atoms with E-state index in [9.17, 15) is 18.0 Å². The van der Waals surface area contributed by atoms with Gasteiger partial charge >= 0.3 is 18.2 Å². The van der Waals surface area contributed by atoms with Crippen molar-refractivity contribution in [3.8, 4) is 0 Å². The molecule has 1 saturated heterocycles. The van der Waals surface area contributed by atoms with E-state index in [1.807, 2.05) is 19.0 Å². The molecule has 1 unspecified atom stereocenters. The Bertz CT molecular complexity index is 893. The molecule has 182 valence electrons. The number of hydrogen-bond acceptors (Lipinski definition) is 6. The van der Waals surface area contributed by atoms with Crippen LogP contribution in [0, 0.1) is 0 Å². The Morgan fingerprint density at radius 3 is 2.45 bits per heavy atom. The quantitative estimate of drug-likeness (QED) is 0.660. The molecule has 1 atom stereocenters. The maximum atomic E-state index is 12.6. The lowest BCUT2D eigenvalue weighted by Gasteiger charge is -2.20. The lowest BCUT2D eigenvalue weighted by molar-refractivity contribution is -0.192. The highest BCUT2D eigenvalue weighted by molar-refractivity contribution is 7.15. The van der Waals surface area contributed by atoms with Crippen LogP contribution in [0.1, 0.15) is 35.8 Å². The number of carbonyl (C=O) groups excluding carboxylic acids is 1. The van der Waals surface area contributed by atoms with Gasteiger partial charge in [0.25, 0.3) is 0 Å². The standard InChI is InChI=1S/C19H27N5OS.C2HF3O2/c1-23(2)13-11-17-21-22-18(26-17)20-19(25)24-12-6-9-16(10-14-24)15-7-4-3-5-8-15;3-2(4,5)1(6)7/h3-5,7-8,16H,6,9-14H2,1-2H3,(H,20,22,25);(H,6,7). The predicted molar refractivity (Wildman–Crippen MR) is 119 cm³/mol. The third kappa shape index (κ3) is 9.34. The lowest BCUT2D eigenvalue weighted by atomic mass is 9.92. The molecule has 1 aromatic carbocycles. The second-order valence-electron chi connectivity index (χ2n) is 7.81. The number of halogens is 3. The van der Waals surface area contributed by atoms with Gasteiger partial charge in [-0.15, -0.1) is 10.2 Å². The zero-order valence-corrected chi connectivity index (χ0v) is 19.3. The molecule has 0 saturated carbocycles. The molecule has 0 aliphatic carbocycles. The number of carboxylic acid groups (broad SMARTS) is 1. The van der Waals surface area contributed by atoms with E-state index in [1.165, 1.54) is 16.9 Å². The number of aliphatic carboxylic acids is 1. The van der Waals surface area contributed by atoms with Gasteiger partial charge < -0.3 is 14.9 Å². The minimum absolute atomic E-state index is 0.0611. The fourth-order valence-electron chi connectivity index (χ4n) is 3.25. The number of nitrogens with zero attached hydrogens (tertiary/aromatic N) is 4. The number of likely N-dealkylation sites (N-methyl/N-ethyl adjacent to an activating group) is 1. The minimum atomic E-state index is -5.08. The summed E-state index contributed by atoms with van der Waals surface area (Å²) in [6.07, 6.45) is -1.08. The molecule has 0 bridgehead atoms. The third-order valence-electron chi connectivity index (χ3n) is 4.98. The second-order valence-corrected chi connectivity index (χ2v) is 8.87. The zero-order chi connectivity index (χ0) is 24.4. The molecule has 0 radical (unpaired) electrons. The summed E-state index contributed by atoms with van der Waals surface area (Å²) in [5.74, 6) is -2.22. The highest BCUT2D eigenvalue weighted by Crippen LogP contribution is 2.28. The average molecular weight is 488 g/mol. The summed E-state index contributed by atoms with van der Waals surface area (Å²) < 4.78 is 31.7. The van der Waals surface area contributed by atoms with Crippen molar-refractivity contribution in [1.82, 2.24) is 20.0 Å². The molecular formula is C21H28F3N5O3S. The Morgan fingerprint density at radius 1 is 1.18 bits per heavy atom. The van der Waals surface area contributed by atoms with Crippen LogP contribution >= 0.6 is 11.3 Å². The molecule has 2 heterocycles. The molecule has 2 amide bonds. The Hall–Kier alpha value is -2.73. The molecule has 1 fully saturated rings. The molecule has 1 aromatic heterocycles. The SMILES string of the molecule is CN(C)CCc1nnc(NC(=O)N2CCCC(c3ccccc3)CC2)s1.O=C(O)C(F)(F)F. The predicted octanol–water partition coefficient (Wildman–Crippen LogP) is 4.08. The summed E-state index contributed by atoms with van der Waals surface area (Å²) in [5.41, 5.74) is 1.38. The lowest BCUT2D eigenvalue weighted by Crippen LogP contribution is -2.35. The van der Waals surface area contributed by atoms with Gasteiger partial charge in [0.2, 0.25) is 5.13 Å². The number of anilines is 1. The molecule has 33 heavy (non-hydrogen) atoms. The van der Waals surface area contributed by atoms with Crippen molar-refractivity contribution in [2.24, 2.45) is 0 Å². The second kappa shape index (κ2) is 12.5. The molecule has 12 heteroatoms. The van der Waals surface area contributed by atoms with Crippen LogP contribution in [0.25, 0.3) is 0 Å². The van der Waals surface area contributed by atoms with Crippen molar-refractivity contribution < 1.29 is 27.9 Å². The van der Waals surface area contributed by atoms with E-state index < -0.39 is 12.1 Å². The fraction of sp³-hybridized carbons (Fsp3) is 0.524. The Balaban J connectivity index is 0.000000479. The van der Waals surface area contributed by atoms with Gasteiger partial charge in [0.05, 0.1) is 0 Å². The summed E-state index contributed by atoms with van der Waals surface area (Å²) in [4.78, 5) is 25.5. The van der Waals surface area contributed by atoms with Crippen molar-refractivity contribution in [3.05, 3.63) is 40.9 Å². The summed E-state index contributed by atoms with van der Waals surface area (Å²) >= 11 is 1.46. The molecule has 1 aliphatic heterocycles. The number of amides is 2. The molecule has 0 spiro atoms. The van der Waals surface area contributed by atoms with Crippen molar-refractivity contribution in [2.75, 3.05) is 39.0 Å². The first kappa shape index (κ1) is 26.5. The first-order valence-electron chi connectivity index (χ1n) is 10.4. The number of aromatic nitrogens is 2. The monoisotopic (exact) mass is 487 g/mol. The van der Waals surface area contributed by atoms with Gasteiger partial charge in [0, 0.05) is 26.1 Å². The van der Waals surface area contributed by atoms with Gasteiger partial charge in [0.1, 0.15) is 5.01 Å². The van der Waals surface area contributed by atoms with Crippen molar-refractivity contribution >= 4 is 28.5 Å². The van der Waals surface area contributed by atoms with E-state index in [0.717, 1.165) is 50.3 Å². The van der Waals surface area contributed by atoms with Crippen LogP contribution in [0.4, 0.5) is 23.1 Å². The molecule has 2 N–H and O–H groups in total. The molecule has 3 rings (SSSR count). The molecular weight excluding hydrogens is 459 g/mol. The smallest absolute Gasteiger partial charge is 0.475 e.